The third-order valence-electron chi connectivity index (χ3n) is 2.19. The van der Waals surface area contributed by atoms with Crippen molar-refractivity contribution in [3.63, 3.8) is 0 Å². The quantitative estimate of drug-likeness (QED) is 0.793. The fraction of sp³-hybridized carbons (Fsp3) is 0.462. The number of carbonyl (C=O) groups excluding carboxylic acids is 1. The normalized spacial score (nSPS) is 10.7. The van der Waals surface area contributed by atoms with Crippen LogP contribution in [0.25, 0.3) is 0 Å². The minimum absolute atomic E-state index is 0.0544. The van der Waals surface area contributed by atoms with E-state index in [0.29, 0.717) is 35.7 Å². The van der Waals surface area contributed by atoms with Gasteiger partial charge in [-0.1, -0.05) is 13.8 Å². The van der Waals surface area contributed by atoms with Crippen LogP contribution in [0, 0.1) is 5.92 Å². The zero-order chi connectivity index (χ0) is 13.5. The summed E-state index contributed by atoms with van der Waals surface area (Å²) in [6, 6.07) is 4.71. The SMILES string of the molecule is CC(C)COCCNC(=O)c1ccc(Br)c(O)c1. The average molecular weight is 316 g/mol. The van der Waals surface area contributed by atoms with Gasteiger partial charge < -0.3 is 15.2 Å². The molecule has 0 aliphatic heterocycles. The van der Waals surface area contributed by atoms with Crippen molar-refractivity contribution in [3.8, 4) is 5.75 Å². The fourth-order valence-corrected chi connectivity index (χ4v) is 1.56. The van der Waals surface area contributed by atoms with Gasteiger partial charge in [0, 0.05) is 18.7 Å². The van der Waals surface area contributed by atoms with E-state index in [-0.39, 0.29) is 11.7 Å². The molecule has 0 radical (unpaired) electrons. The van der Waals surface area contributed by atoms with Gasteiger partial charge in [0.2, 0.25) is 0 Å². The molecule has 1 aromatic carbocycles. The summed E-state index contributed by atoms with van der Waals surface area (Å²) in [7, 11) is 0. The van der Waals surface area contributed by atoms with E-state index in [0.717, 1.165) is 0 Å². The topological polar surface area (TPSA) is 58.6 Å². The molecule has 18 heavy (non-hydrogen) atoms. The lowest BCUT2D eigenvalue weighted by atomic mass is 10.2. The Kier molecular flexibility index (Phi) is 6.15. The highest BCUT2D eigenvalue weighted by Gasteiger charge is 2.07. The lowest BCUT2D eigenvalue weighted by Gasteiger charge is -2.08. The number of hydrogen-bond acceptors (Lipinski definition) is 3. The largest absolute Gasteiger partial charge is 0.507 e. The van der Waals surface area contributed by atoms with Crippen molar-refractivity contribution in [1.82, 2.24) is 5.32 Å². The number of hydrogen-bond donors (Lipinski definition) is 2. The predicted octanol–water partition coefficient (Wildman–Crippen LogP) is 2.56. The number of ether oxygens (including phenoxy) is 1. The molecule has 1 aromatic rings. The van der Waals surface area contributed by atoms with Crippen LogP contribution in [0.5, 0.6) is 5.75 Å². The van der Waals surface area contributed by atoms with Gasteiger partial charge in [-0.05, 0) is 40.0 Å². The number of rotatable bonds is 6. The van der Waals surface area contributed by atoms with Crippen LogP contribution >= 0.6 is 15.9 Å². The van der Waals surface area contributed by atoms with Crippen LogP contribution in [0.1, 0.15) is 24.2 Å². The molecule has 1 amide bonds. The van der Waals surface area contributed by atoms with Gasteiger partial charge in [0.05, 0.1) is 11.1 Å². The second kappa shape index (κ2) is 7.38. The Morgan fingerprint density at radius 1 is 1.50 bits per heavy atom. The highest BCUT2D eigenvalue weighted by molar-refractivity contribution is 9.10. The minimum Gasteiger partial charge on any atom is -0.507 e. The summed E-state index contributed by atoms with van der Waals surface area (Å²) < 4.78 is 5.92. The first-order chi connectivity index (χ1) is 8.50. The van der Waals surface area contributed by atoms with Crippen molar-refractivity contribution in [1.29, 1.82) is 0 Å². The second-order valence-corrected chi connectivity index (χ2v) is 5.25. The molecule has 0 bridgehead atoms. The Labute approximate surface area is 115 Å². The van der Waals surface area contributed by atoms with Crippen molar-refractivity contribution in [3.05, 3.63) is 28.2 Å². The van der Waals surface area contributed by atoms with E-state index < -0.39 is 0 Å². The van der Waals surface area contributed by atoms with Gasteiger partial charge in [0.25, 0.3) is 5.91 Å². The molecular weight excluding hydrogens is 298 g/mol. The highest BCUT2D eigenvalue weighted by Crippen LogP contribution is 2.24. The lowest BCUT2D eigenvalue weighted by Crippen LogP contribution is -2.27. The molecule has 100 valence electrons. The van der Waals surface area contributed by atoms with Crippen molar-refractivity contribution in [2.24, 2.45) is 5.92 Å². The Balaban J connectivity index is 2.34. The van der Waals surface area contributed by atoms with Crippen LogP contribution in [0.15, 0.2) is 22.7 Å². The molecule has 2 N–H and O–H groups in total. The standard InChI is InChI=1S/C13H18BrNO3/c1-9(2)8-18-6-5-15-13(17)10-3-4-11(14)12(16)7-10/h3-4,7,9,16H,5-6,8H2,1-2H3,(H,15,17). The first-order valence-corrected chi connectivity index (χ1v) is 6.64. The summed E-state index contributed by atoms with van der Waals surface area (Å²) in [6.45, 7) is 5.79. The molecule has 1 rings (SSSR count). The monoisotopic (exact) mass is 315 g/mol. The van der Waals surface area contributed by atoms with E-state index >= 15 is 0 Å². The molecule has 0 heterocycles. The molecule has 0 aliphatic carbocycles. The Morgan fingerprint density at radius 2 is 2.22 bits per heavy atom. The molecule has 0 saturated heterocycles. The maximum absolute atomic E-state index is 11.7. The third kappa shape index (κ3) is 5.06. The van der Waals surface area contributed by atoms with Crippen molar-refractivity contribution in [2.45, 2.75) is 13.8 Å². The van der Waals surface area contributed by atoms with Gasteiger partial charge in [0.1, 0.15) is 5.75 Å². The molecule has 0 aromatic heterocycles. The van der Waals surface area contributed by atoms with Gasteiger partial charge in [-0.3, -0.25) is 4.79 Å². The van der Waals surface area contributed by atoms with Crippen LogP contribution in [-0.2, 0) is 4.74 Å². The Hall–Kier alpha value is -1.07. The summed E-state index contributed by atoms with van der Waals surface area (Å²) in [5, 5.41) is 12.2. The predicted molar refractivity (Wildman–Crippen MR) is 73.8 cm³/mol. The first-order valence-electron chi connectivity index (χ1n) is 5.85. The molecule has 0 unspecified atom stereocenters. The number of amides is 1. The molecule has 0 aliphatic rings. The molecule has 0 saturated carbocycles. The Bertz CT molecular complexity index is 407. The summed E-state index contributed by atoms with van der Waals surface area (Å²) in [4.78, 5) is 11.7. The zero-order valence-electron chi connectivity index (χ0n) is 10.6. The van der Waals surface area contributed by atoms with Crippen LogP contribution in [0.3, 0.4) is 0 Å². The summed E-state index contributed by atoms with van der Waals surface area (Å²) >= 11 is 3.16. The first kappa shape index (κ1) is 15.0. The van der Waals surface area contributed by atoms with E-state index in [1.165, 1.54) is 6.07 Å². The molecule has 5 heteroatoms. The summed E-state index contributed by atoms with van der Waals surface area (Å²) in [6.07, 6.45) is 0. The molecular formula is C13H18BrNO3. The highest BCUT2D eigenvalue weighted by atomic mass is 79.9. The van der Waals surface area contributed by atoms with Crippen LogP contribution in [0.4, 0.5) is 0 Å². The smallest absolute Gasteiger partial charge is 0.251 e. The van der Waals surface area contributed by atoms with E-state index in [2.05, 4.69) is 35.1 Å². The lowest BCUT2D eigenvalue weighted by molar-refractivity contribution is 0.0886. The van der Waals surface area contributed by atoms with Crippen molar-refractivity contribution < 1.29 is 14.6 Å². The number of phenolic OH excluding ortho intramolecular Hbond substituents is 1. The summed E-state index contributed by atoms with van der Waals surface area (Å²) in [5.74, 6) is 0.328. The van der Waals surface area contributed by atoms with E-state index in [9.17, 15) is 9.90 Å². The van der Waals surface area contributed by atoms with Crippen molar-refractivity contribution >= 4 is 21.8 Å². The number of halogens is 1. The number of nitrogens with one attached hydrogen (secondary N) is 1. The number of phenols is 1. The maximum Gasteiger partial charge on any atom is 0.251 e. The zero-order valence-corrected chi connectivity index (χ0v) is 12.2. The van der Waals surface area contributed by atoms with Gasteiger partial charge in [-0.15, -0.1) is 0 Å². The number of aromatic hydroxyl groups is 1. The van der Waals surface area contributed by atoms with Crippen LogP contribution < -0.4 is 5.32 Å². The fourth-order valence-electron chi connectivity index (χ4n) is 1.31. The van der Waals surface area contributed by atoms with Crippen LogP contribution in [0.2, 0.25) is 0 Å². The molecule has 0 spiro atoms. The van der Waals surface area contributed by atoms with Gasteiger partial charge >= 0.3 is 0 Å². The number of benzene rings is 1. The Morgan fingerprint density at radius 3 is 2.83 bits per heavy atom. The third-order valence-corrected chi connectivity index (χ3v) is 2.86. The van der Waals surface area contributed by atoms with Crippen LogP contribution in [-0.4, -0.2) is 30.8 Å². The second-order valence-electron chi connectivity index (χ2n) is 4.39. The van der Waals surface area contributed by atoms with Gasteiger partial charge in [-0.25, -0.2) is 0 Å². The summed E-state index contributed by atoms with van der Waals surface area (Å²) in [5.41, 5.74) is 0.430. The van der Waals surface area contributed by atoms with E-state index in [1.54, 1.807) is 12.1 Å². The van der Waals surface area contributed by atoms with Crippen molar-refractivity contribution in [2.75, 3.05) is 19.8 Å². The van der Waals surface area contributed by atoms with E-state index in [4.69, 9.17) is 4.74 Å². The van der Waals surface area contributed by atoms with Gasteiger partial charge in [-0.2, -0.15) is 0 Å². The van der Waals surface area contributed by atoms with Gasteiger partial charge in [0.15, 0.2) is 0 Å². The maximum atomic E-state index is 11.7. The van der Waals surface area contributed by atoms with E-state index in [1.807, 2.05) is 0 Å². The molecule has 0 atom stereocenters. The number of carbonyl (C=O) groups is 1. The average Bonchev–Trinajstić information content (AvgIpc) is 2.31. The molecule has 4 nitrogen and oxygen atoms in total. The molecule has 0 fully saturated rings. The minimum atomic E-state index is -0.217.